The van der Waals surface area contributed by atoms with Crippen LogP contribution in [0.5, 0.6) is 0 Å². The summed E-state index contributed by atoms with van der Waals surface area (Å²) in [6, 6.07) is 6.69. The number of aliphatic carboxylic acids is 1. The molecule has 4 heteroatoms. The van der Waals surface area contributed by atoms with E-state index in [2.05, 4.69) is 0 Å². The number of benzene rings is 1. The zero-order valence-corrected chi connectivity index (χ0v) is 9.06. The van der Waals surface area contributed by atoms with Crippen LogP contribution in [0.4, 0.5) is 10.1 Å². The standard InChI is InChI=1S/C12H14FNO2/c1-14(9-6-8(7-9)12(15)16)11-5-3-2-4-10(11)13/h2-5,8-9H,6-7H2,1H3,(H,15,16). The highest BCUT2D eigenvalue weighted by Gasteiger charge is 2.37. The molecule has 0 unspecified atom stereocenters. The van der Waals surface area contributed by atoms with Gasteiger partial charge in [-0.3, -0.25) is 4.79 Å². The van der Waals surface area contributed by atoms with Gasteiger partial charge in [-0.1, -0.05) is 12.1 Å². The Morgan fingerprint density at radius 2 is 2.06 bits per heavy atom. The number of hydrogen-bond donors (Lipinski definition) is 1. The third-order valence-corrected chi connectivity index (χ3v) is 3.24. The second kappa shape index (κ2) is 4.12. The lowest BCUT2D eigenvalue weighted by Crippen LogP contribution is -2.45. The molecule has 1 aromatic carbocycles. The fourth-order valence-electron chi connectivity index (χ4n) is 2.04. The quantitative estimate of drug-likeness (QED) is 0.853. The number of carboxylic acids is 1. The molecule has 1 aliphatic carbocycles. The van der Waals surface area contributed by atoms with Gasteiger partial charge in [0.25, 0.3) is 0 Å². The summed E-state index contributed by atoms with van der Waals surface area (Å²) in [6.45, 7) is 0. The average molecular weight is 223 g/mol. The van der Waals surface area contributed by atoms with Gasteiger partial charge in [0.2, 0.25) is 0 Å². The smallest absolute Gasteiger partial charge is 0.306 e. The minimum absolute atomic E-state index is 0.137. The van der Waals surface area contributed by atoms with Crippen LogP contribution in [0.3, 0.4) is 0 Å². The fourth-order valence-corrected chi connectivity index (χ4v) is 2.04. The molecular weight excluding hydrogens is 209 g/mol. The van der Waals surface area contributed by atoms with Crippen LogP contribution in [-0.4, -0.2) is 24.2 Å². The van der Waals surface area contributed by atoms with E-state index < -0.39 is 5.97 Å². The van der Waals surface area contributed by atoms with Crippen molar-refractivity contribution in [3.05, 3.63) is 30.1 Å². The minimum Gasteiger partial charge on any atom is -0.481 e. The van der Waals surface area contributed by atoms with Crippen molar-refractivity contribution in [2.45, 2.75) is 18.9 Å². The Kier molecular flexibility index (Phi) is 2.81. The highest BCUT2D eigenvalue weighted by molar-refractivity contribution is 5.71. The molecule has 0 aliphatic heterocycles. The monoisotopic (exact) mass is 223 g/mol. The van der Waals surface area contributed by atoms with Crippen LogP contribution in [0, 0.1) is 11.7 Å². The molecule has 0 amide bonds. The molecule has 1 saturated carbocycles. The normalized spacial score (nSPS) is 23.6. The van der Waals surface area contributed by atoms with Crippen LogP contribution in [-0.2, 0) is 4.79 Å². The number of carboxylic acid groups (broad SMARTS) is 1. The first kappa shape index (κ1) is 10.9. The van der Waals surface area contributed by atoms with E-state index in [0.717, 1.165) is 0 Å². The highest BCUT2D eigenvalue weighted by atomic mass is 19.1. The second-order valence-corrected chi connectivity index (χ2v) is 4.22. The number of carbonyl (C=O) groups is 1. The van der Waals surface area contributed by atoms with Gasteiger partial charge in [0.15, 0.2) is 0 Å². The predicted molar refractivity (Wildman–Crippen MR) is 59.0 cm³/mol. The molecule has 0 spiro atoms. The summed E-state index contributed by atoms with van der Waals surface area (Å²) in [7, 11) is 1.81. The lowest BCUT2D eigenvalue weighted by atomic mass is 9.79. The molecule has 1 fully saturated rings. The largest absolute Gasteiger partial charge is 0.481 e. The van der Waals surface area contributed by atoms with Gasteiger partial charge in [0.05, 0.1) is 11.6 Å². The maximum atomic E-state index is 13.5. The summed E-state index contributed by atoms with van der Waals surface area (Å²) in [5.74, 6) is -1.28. The van der Waals surface area contributed by atoms with Crippen molar-refractivity contribution in [1.82, 2.24) is 0 Å². The van der Waals surface area contributed by atoms with Gasteiger partial charge in [-0.05, 0) is 25.0 Å². The van der Waals surface area contributed by atoms with Crippen molar-refractivity contribution >= 4 is 11.7 Å². The third-order valence-electron chi connectivity index (χ3n) is 3.24. The first-order valence-corrected chi connectivity index (χ1v) is 5.29. The Labute approximate surface area is 93.5 Å². The minimum atomic E-state index is -0.752. The first-order valence-electron chi connectivity index (χ1n) is 5.29. The van der Waals surface area contributed by atoms with Gasteiger partial charge in [-0.15, -0.1) is 0 Å². The zero-order chi connectivity index (χ0) is 11.7. The Balaban J connectivity index is 2.03. The number of nitrogens with zero attached hydrogens (tertiary/aromatic N) is 1. The van der Waals surface area contributed by atoms with Gasteiger partial charge in [-0.2, -0.15) is 0 Å². The molecule has 0 aromatic heterocycles. The molecular formula is C12H14FNO2. The Hall–Kier alpha value is -1.58. The van der Waals surface area contributed by atoms with Crippen molar-refractivity contribution in [2.75, 3.05) is 11.9 Å². The van der Waals surface area contributed by atoms with Crippen LogP contribution in [0.15, 0.2) is 24.3 Å². The van der Waals surface area contributed by atoms with Crippen LogP contribution >= 0.6 is 0 Å². The third kappa shape index (κ3) is 1.87. The van der Waals surface area contributed by atoms with Crippen molar-refractivity contribution in [3.63, 3.8) is 0 Å². The van der Waals surface area contributed by atoms with E-state index in [1.165, 1.54) is 6.07 Å². The molecule has 0 radical (unpaired) electrons. The Bertz CT molecular complexity index is 402. The summed E-state index contributed by atoms with van der Waals surface area (Å²) < 4.78 is 13.5. The van der Waals surface area contributed by atoms with Crippen LogP contribution in [0.2, 0.25) is 0 Å². The lowest BCUT2D eigenvalue weighted by molar-refractivity contribution is -0.145. The van der Waals surface area contributed by atoms with E-state index >= 15 is 0 Å². The number of hydrogen-bond acceptors (Lipinski definition) is 2. The molecule has 1 N–H and O–H groups in total. The van der Waals surface area contributed by atoms with Gasteiger partial charge >= 0.3 is 5.97 Å². The number of anilines is 1. The van der Waals surface area contributed by atoms with Gasteiger partial charge < -0.3 is 10.0 Å². The van der Waals surface area contributed by atoms with E-state index in [1.54, 1.807) is 25.2 Å². The van der Waals surface area contributed by atoms with Gasteiger partial charge in [-0.25, -0.2) is 4.39 Å². The summed E-state index contributed by atoms with van der Waals surface area (Å²) in [4.78, 5) is 12.5. The van der Waals surface area contributed by atoms with Crippen molar-refractivity contribution in [2.24, 2.45) is 5.92 Å². The second-order valence-electron chi connectivity index (χ2n) is 4.22. The predicted octanol–water partition coefficient (Wildman–Crippen LogP) is 2.13. The summed E-state index contributed by atoms with van der Waals surface area (Å²) in [5.41, 5.74) is 0.538. The maximum Gasteiger partial charge on any atom is 0.306 e. The molecule has 16 heavy (non-hydrogen) atoms. The molecule has 0 heterocycles. The van der Waals surface area contributed by atoms with E-state index in [4.69, 9.17) is 5.11 Å². The first-order chi connectivity index (χ1) is 7.59. The molecule has 0 saturated heterocycles. The van der Waals surface area contributed by atoms with Crippen molar-refractivity contribution in [1.29, 1.82) is 0 Å². The molecule has 1 aromatic rings. The van der Waals surface area contributed by atoms with E-state index in [9.17, 15) is 9.18 Å². The molecule has 2 rings (SSSR count). The highest BCUT2D eigenvalue weighted by Crippen LogP contribution is 2.34. The maximum absolute atomic E-state index is 13.5. The number of halogens is 1. The van der Waals surface area contributed by atoms with Crippen LogP contribution in [0.25, 0.3) is 0 Å². The molecule has 86 valence electrons. The Morgan fingerprint density at radius 3 is 2.62 bits per heavy atom. The van der Waals surface area contributed by atoms with Gasteiger partial charge in [0.1, 0.15) is 5.82 Å². The van der Waals surface area contributed by atoms with E-state index in [-0.39, 0.29) is 17.8 Å². The van der Waals surface area contributed by atoms with Gasteiger partial charge in [0, 0.05) is 13.1 Å². The number of rotatable bonds is 3. The fraction of sp³-hybridized carbons (Fsp3) is 0.417. The van der Waals surface area contributed by atoms with Crippen LogP contribution in [0.1, 0.15) is 12.8 Å². The van der Waals surface area contributed by atoms with Crippen molar-refractivity contribution in [3.8, 4) is 0 Å². The summed E-state index contributed by atoms with van der Waals surface area (Å²) >= 11 is 0. The van der Waals surface area contributed by atoms with Crippen LogP contribution < -0.4 is 4.90 Å². The zero-order valence-electron chi connectivity index (χ0n) is 9.06. The van der Waals surface area contributed by atoms with Crippen molar-refractivity contribution < 1.29 is 14.3 Å². The molecule has 0 bridgehead atoms. The number of para-hydroxylation sites is 1. The SMILES string of the molecule is CN(c1ccccc1F)C1CC(C(=O)O)C1. The van der Waals surface area contributed by atoms with E-state index in [1.807, 2.05) is 4.90 Å². The lowest BCUT2D eigenvalue weighted by Gasteiger charge is -2.40. The molecule has 1 aliphatic rings. The molecule has 0 atom stereocenters. The molecule has 3 nitrogen and oxygen atoms in total. The Morgan fingerprint density at radius 1 is 1.44 bits per heavy atom. The summed E-state index contributed by atoms with van der Waals surface area (Å²) in [6.07, 6.45) is 1.19. The summed E-state index contributed by atoms with van der Waals surface area (Å²) in [5, 5.41) is 8.77. The van der Waals surface area contributed by atoms with E-state index in [0.29, 0.717) is 18.5 Å². The average Bonchev–Trinajstić information content (AvgIpc) is 2.15. The topological polar surface area (TPSA) is 40.5 Å².